The Kier molecular flexibility index (Phi) is 6.78. The molecule has 9 heteroatoms. The average molecular weight is 457 g/mol. The fourth-order valence-electron chi connectivity index (χ4n) is 3.24. The number of nitrogens with zero attached hydrogens (tertiary/aromatic N) is 3. The van der Waals surface area contributed by atoms with Crippen LogP contribution in [0.2, 0.25) is 5.02 Å². The highest BCUT2D eigenvalue weighted by atomic mass is 35.5. The highest BCUT2D eigenvalue weighted by molar-refractivity contribution is 7.18. The third-order valence-electron chi connectivity index (χ3n) is 4.95. The van der Waals surface area contributed by atoms with Crippen LogP contribution in [0.5, 0.6) is 0 Å². The number of nitrogens with one attached hydrogen (secondary N) is 1. The summed E-state index contributed by atoms with van der Waals surface area (Å²) in [5.74, 6) is -0.339. The molecule has 0 aliphatic carbocycles. The predicted octanol–water partition coefficient (Wildman–Crippen LogP) is 5.28. The first-order valence-electron chi connectivity index (χ1n) is 9.69. The summed E-state index contributed by atoms with van der Waals surface area (Å²) in [5, 5.41) is 17.2. The summed E-state index contributed by atoms with van der Waals surface area (Å²) in [5.41, 5.74) is 1.91. The summed E-state index contributed by atoms with van der Waals surface area (Å²) in [7, 11) is 0. The highest BCUT2D eigenvalue weighted by Gasteiger charge is 2.27. The Hall–Kier alpha value is -3.15. The molecule has 0 aliphatic rings. The highest BCUT2D eigenvalue weighted by Crippen LogP contribution is 2.35. The average Bonchev–Trinajstić information content (AvgIpc) is 3.28. The molecule has 3 rings (SSSR count). The molecule has 0 saturated carbocycles. The molecule has 2 aromatic heterocycles. The molecule has 0 radical (unpaired) electrons. The van der Waals surface area contributed by atoms with Crippen LogP contribution < -0.4 is 5.32 Å². The molecule has 0 saturated heterocycles. The first-order valence-corrected chi connectivity index (χ1v) is 10.9. The summed E-state index contributed by atoms with van der Waals surface area (Å²) in [6.45, 7) is 8.23. The molecule has 1 aromatic carbocycles. The van der Waals surface area contributed by atoms with Crippen LogP contribution in [-0.2, 0) is 0 Å². The Morgan fingerprint density at radius 3 is 2.55 bits per heavy atom. The molecular weight excluding hydrogens is 436 g/mol. The van der Waals surface area contributed by atoms with E-state index in [0.29, 0.717) is 50.6 Å². The molecule has 0 aliphatic heterocycles. The third kappa shape index (κ3) is 4.20. The van der Waals surface area contributed by atoms with Gasteiger partial charge in [-0.05, 0) is 39.3 Å². The molecule has 0 bridgehead atoms. The van der Waals surface area contributed by atoms with E-state index in [1.807, 2.05) is 13.8 Å². The largest absolute Gasteiger partial charge is 0.360 e. The van der Waals surface area contributed by atoms with Crippen LogP contribution in [0.15, 0.2) is 28.8 Å². The lowest BCUT2D eigenvalue weighted by atomic mass is 10.1. The predicted molar refractivity (Wildman–Crippen MR) is 121 cm³/mol. The molecule has 0 spiro atoms. The standard InChI is InChI=1S/C22H21ClN4O3S/c1-5-27(6-2)22(29)19-12(3)15(11-24)21(31-19)25-20(28)17-13(4)30-26-18(17)14-9-7-8-10-16(14)23/h7-10H,5-6H2,1-4H3,(H,25,28). The number of anilines is 1. The zero-order valence-electron chi connectivity index (χ0n) is 17.6. The van der Waals surface area contributed by atoms with Gasteiger partial charge in [0.15, 0.2) is 0 Å². The summed E-state index contributed by atoms with van der Waals surface area (Å²) in [6, 6.07) is 9.11. The Morgan fingerprint density at radius 1 is 1.26 bits per heavy atom. The Bertz CT molecular complexity index is 1190. The van der Waals surface area contributed by atoms with E-state index in [4.69, 9.17) is 16.1 Å². The number of aromatic nitrogens is 1. The number of hydrogen-bond donors (Lipinski definition) is 1. The second-order valence-electron chi connectivity index (χ2n) is 6.75. The molecule has 2 amide bonds. The van der Waals surface area contributed by atoms with Crippen molar-refractivity contribution in [1.82, 2.24) is 10.1 Å². The van der Waals surface area contributed by atoms with Crippen LogP contribution in [0, 0.1) is 25.2 Å². The van der Waals surface area contributed by atoms with Crippen molar-refractivity contribution in [3.05, 3.63) is 56.6 Å². The quantitative estimate of drug-likeness (QED) is 0.544. The number of aryl methyl sites for hydroxylation is 1. The number of hydrogen-bond acceptors (Lipinski definition) is 6. The lowest BCUT2D eigenvalue weighted by Crippen LogP contribution is -2.30. The maximum absolute atomic E-state index is 13.2. The molecular formula is C22H21ClN4O3S. The van der Waals surface area contributed by atoms with Crippen LogP contribution in [-0.4, -0.2) is 35.0 Å². The van der Waals surface area contributed by atoms with Gasteiger partial charge in [0.25, 0.3) is 11.8 Å². The van der Waals surface area contributed by atoms with Crippen molar-refractivity contribution in [2.75, 3.05) is 18.4 Å². The van der Waals surface area contributed by atoms with E-state index < -0.39 is 5.91 Å². The van der Waals surface area contributed by atoms with E-state index in [-0.39, 0.29) is 17.0 Å². The van der Waals surface area contributed by atoms with Gasteiger partial charge >= 0.3 is 0 Å². The number of amides is 2. The van der Waals surface area contributed by atoms with Gasteiger partial charge in [0.1, 0.15) is 28.1 Å². The van der Waals surface area contributed by atoms with Crippen LogP contribution in [0.1, 0.15) is 50.8 Å². The number of rotatable bonds is 6. The van der Waals surface area contributed by atoms with Crippen molar-refractivity contribution in [1.29, 1.82) is 5.26 Å². The fourth-order valence-corrected chi connectivity index (χ4v) is 4.58. The van der Waals surface area contributed by atoms with Gasteiger partial charge < -0.3 is 14.7 Å². The second kappa shape index (κ2) is 9.33. The zero-order valence-corrected chi connectivity index (χ0v) is 19.1. The fraction of sp³-hybridized carbons (Fsp3) is 0.273. The number of nitriles is 1. The Labute approximate surface area is 189 Å². The van der Waals surface area contributed by atoms with E-state index in [0.717, 1.165) is 11.3 Å². The van der Waals surface area contributed by atoms with Crippen molar-refractivity contribution in [3.63, 3.8) is 0 Å². The molecule has 31 heavy (non-hydrogen) atoms. The minimum Gasteiger partial charge on any atom is -0.360 e. The van der Waals surface area contributed by atoms with Crippen LogP contribution in [0.3, 0.4) is 0 Å². The maximum atomic E-state index is 13.2. The van der Waals surface area contributed by atoms with Gasteiger partial charge in [-0.3, -0.25) is 9.59 Å². The monoisotopic (exact) mass is 456 g/mol. The van der Waals surface area contributed by atoms with Gasteiger partial charge in [-0.15, -0.1) is 11.3 Å². The van der Waals surface area contributed by atoms with Crippen LogP contribution >= 0.6 is 22.9 Å². The first kappa shape index (κ1) is 22.5. The van der Waals surface area contributed by atoms with Gasteiger partial charge in [-0.2, -0.15) is 5.26 Å². The van der Waals surface area contributed by atoms with Crippen molar-refractivity contribution >= 4 is 39.8 Å². The van der Waals surface area contributed by atoms with Crippen molar-refractivity contribution < 1.29 is 14.1 Å². The van der Waals surface area contributed by atoms with E-state index in [2.05, 4.69) is 16.5 Å². The number of carbonyl (C=O) groups is 2. The van der Waals surface area contributed by atoms with Crippen LogP contribution in [0.25, 0.3) is 11.3 Å². The molecule has 160 valence electrons. The summed E-state index contributed by atoms with van der Waals surface area (Å²) >= 11 is 7.36. The van der Waals surface area contributed by atoms with Gasteiger partial charge in [0, 0.05) is 18.7 Å². The zero-order chi connectivity index (χ0) is 22.7. The van der Waals surface area contributed by atoms with Gasteiger partial charge in [0.2, 0.25) is 0 Å². The van der Waals surface area contributed by atoms with Crippen molar-refractivity contribution in [2.24, 2.45) is 0 Å². The maximum Gasteiger partial charge on any atom is 0.264 e. The minimum absolute atomic E-state index is 0.164. The lowest BCUT2D eigenvalue weighted by molar-refractivity contribution is 0.0777. The molecule has 0 atom stereocenters. The number of thiophene rings is 1. The first-order chi connectivity index (χ1) is 14.8. The topological polar surface area (TPSA) is 99.2 Å². The van der Waals surface area contributed by atoms with Crippen LogP contribution in [0.4, 0.5) is 5.00 Å². The van der Waals surface area contributed by atoms with E-state index in [1.54, 1.807) is 43.0 Å². The Morgan fingerprint density at radius 2 is 1.94 bits per heavy atom. The summed E-state index contributed by atoms with van der Waals surface area (Å²) in [4.78, 5) is 28.1. The smallest absolute Gasteiger partial charge is 0.264 e. The number of benzene rings is 1. The molecule has 3 aromatic rings. The molecule has 2 heterocycles. The van der Waals surface area contributed by atoms with Crippen molar-refractivity contribution in [2.45, 2.75) is 27.7 Å². The molecule has 0 unspecified atom stereocenters. The number of carbonyl (C=O) groups excluding carboxylic acids is 2. The van der Waals surface area contributed by atoms with Gasteiger partial charge in [-0.25, -0.2) is 0 Å². The third-order valence-corrected chi connectivity index (χ3v) is 6.47. The SMILES string of the molecule is CCN(CC)C(=O)c1sc(NC(=O)c2c(-c3ccccc3Cl)noc2C)c(C#N)c1C. The molecule has 7 nitrogen and oxygen atoms in total. The lowest BCUT2D eigenvalue weighted by Gasteiger charge is -2.17. The van der Waals surface area contributed by atoms with E-state index in [9.17, 15) is 14.9 Å². The minimum atomic E-state index is -0.492. The Balaban J connectivity index is 2.00. The van der Waals surface area contributed by atoms with Crippen molar-refractivity contribution in [3.8, 4) is 17.3 Å². The van der Waals surface area contributed by atoms with E-state index in [1.165, 1.54) is 0 Å². The van der Waals surface area contributed by atoms with Gasteiger partial charge in [0.05, 0.1) is 15.5 Å². The summed E-state index contributed by atoms with van der Waals surface area (Å²) in [6.07, 6.45) is 0. The van der Waals surface area contributed by atoms with Gasteiger partial charge in [-0.1, -0.05) is 35.0 Å². The summed E-state index contributed by atoms with van der Waals surface area (Å²) < 4.78 is 5.26. The normalized spacial score (nSPS) is 10.6. The number of halogens is 1. The molecule has 1 N–H and O–H groups in total. The van der Waals surface area contributed by atoms with E-state index >= 15 is 0 Å². The molecule has 0 fully saturated rings. The second-order valence-corrected chi connectivity index (χ2v) is 8.17.